The molecule has 18 heavy (non-hydrogen) atoms. The number of likely N-dealkylation sites (N-methyl/N-ethyl adjacent to an activating group) is 1. The molecule has 96 valence electrons. The Bertz CT molecular complexity index is 454. The number of nitrogen functional groups attached to an aromatic ring is 1. The first kappa shape index (κ1) is 13.8. The molecule has 5 nitrogen and oxygen atoms in total. The SMILES string of the molecule is CC(CC#N)N(C)C(=O)COc1ccccc1N. The molecule has 1 atom stereocenters. The Morgan fingerprint density at radius 1 is 1.56 bits per heavy atom. The van der Waals surface area contributed by atoms with E-state index in [0.29, 0.717) is 17.9 Å². The third-order valence-corrected chi connectivity index (χ3v) is 2.71. The first-order valence-electron chi connectivity index (χ1n) is 5.66. The number of nitrogens with zero attached hydrogens (tertiary/aromatic N) is 2. The Morgan fingerprint density at radius 2 is 2.22 bits per heavy atom. The highest BCUT2D eigenvalue weighted by Crippen LogP contribution is 2.19. The standard InChI is InChI=1S/C13H17N3O2/c1-10(7-8-14)16(2)13(17)9-18-12-6-4-3-5-11(12)15/h3-6,10H,7,9,15H2,1-2H3. The first-order chi connectivity index (χ1) is 8.56. The zero-order valence-corrected chi connectivity index (χ0v) is 10.6. The van der Waals surface area contributed by atoms with Crippen LogP contribution >= 0.6 is 0 Å². The first-order valence-corrected chi connectivity index (χ1v) is 5.66. The quantitative estimate of drug-likeness (QED) is 0.798. The molecule has 5 heteroatoms. The molecular formula is C13H17N3O2. The number of nitrogens with two attached hydrogens (primary N) is 1. The van der Waals surface area contributed by atoms with Crippen molar-refractivity contribution in [1.29, 1.82) is 5.26 Å². The zero-order valence-electron chi connectivity index (χ0n) is 10.6. The number of benzene rings is 1. The Balaban J connectivity index is 2.52. The fraction of sp³-hybridized carbons (Fsp3) is 0.385. The molecule has 0 saturated carbocycles. The largest absolute Gasteiger partial charge is 0.482 e. The fourth-order valence-electron chi connectivity index (χ4n) is 1.37. The van der Waals surface area contributed by atoms with Gasteiger partial charge in [0.2, 0.25) is 0 Å². The molecule has 1 rings (SSSR count). The Hall–Kier alpha value is -2.22. The molecule has 2 N–H and O–H groups in total. The molecule has 0 saturated heterocycles. The van der Waals surface area contributed by atoms with E-state index in [1.807, 2.05) is 13.0 Å². The smallest absolute Gasteiger partial charge is 0.260 e. The second-order valence-electron chi connectivity index (χ2n) is 4.04. The molecule has 0 bridgehead atoms. The maximum absolute atomic E-state index is 11.8. The highest BCUT2D eigenvalue weighted by Gasteiger charge is 2.16. The Labute approximate surface area is 107 Å². The van der Waals surface area contributed by atoms with Crippen LogP contribution in [0.1, 0.15) is 13.3 Å². The molecule has 0 aliphatic heterocycles. The molecular weight excluding hydrogens is 230 g/mol. The molecule has 1 unspecified atom stereocenters. The molecule has 1 aromatic rings. The van der Waals surface area contributed by atoms with Gasteiger partial charge in [-0.2, -0.15) is 5.26 Å². The van der Waals surface area contributed by atoms with Crippen molar-refractivity contribution in [2.75, 3.05) is 19.4 Å². The normalized spacial score (nSPS) is 11.4. The van der Waals surface area contributed by atoms with Gasteiger partial charge < -0.3 is 15.4 Å². The molecule has 0 radical (unpaired) electrons. The third-order valence-electron chi connectivity index (χ3n) is 2.71. The second-order valence-corrected chi connectivity index (χ2v) is 4.04. The van der Waals surface area contributed by atoms with Crippen LogP contribution in [0.5, 0.6) is 5.75 Å². The van der Waals surface area contributed by atoms with Gasteiger partial charge >= 0.3 is 0 Å². The number of rotatable bonds is 5. The Morgan fingerprint density at radius 3 is 2.83 bits per heavy atom. The summed E-state index contributed by atoms with van der Waals surface area (Å²) >= 11 is 0. The van der Waals surface area contributed by atoms with Gasteiger partial charge in [0, 0.05) is 13.1 Å². The number of carbonyl (C=O) groups is 1. The molecule has 1 aromatic carbocycles. The van der Waals surface area contributed by atoms with E-state index in [1.165, 1.54) is 4.90 Å². The predicted octanol–water partition coefficient (Wildman–Crippen LogP) is 1.41. The summed E-state index contributed by atoms with van der Waals surface area (Å²) < 4.78 is 5.35. The van der Waals surface area contributed by atoms with Crippen molar-refractivity contribution in [3.05, 3.63) is 24.3 Å². The monoisotopic (exact) mass is 247 g/mol. The molecule has 0 spiro atoms. The highest BCUT2D eigenvalue weighted by atomic mass is 16.5. The molecule has 0 fully saturated rings. The van der Waals surface area contributed by atoms with E-state index in [9.17, 15) is 4.79 Å². The van der Waals surface area contributed by atoms with Crippen LogP contribution in [0.25, 0.3) is 0 Å². The van der Waals surface area contributed by atoms with E-state index in [4.69, 9.17) is 15.7 Å². The van der Waals surface area contributed by atoms with Crippen molar-refractivity contribution >= 4 is 11.6 Å². The summed E-state index contributed by atoms with van der Waals surface area (Å²) in [6.45, 7) is 1.73. The van der Waals surface area contributed by atoms with Crippen molar-refractivity contribution in [3.8, 4) is 11.8 Å². The zero-order chi connectivity index (χ0) is 13.5. The lowest BCUT2D eigenvalue weighted by Crippen LogP contribution is -2.38. The molecule has 0 aliphatic rings. The maximum Gasteiger partial charge on any atom is 0.260 e. The number of para-hydroxylation sites is 2. The lowest BCUT2D eigenvalue weighted by Gasteiger charge is -2.23. The maximum atomic E-state index is 11.8. The van der Waals surface area contributed by atoms with Crippen molar-refractivity contribution in [2.45, 2.75) is 19.4 Å². The van der Waals surface area contributed by atoms with E-state index in [2.05, 4.69) is 0 Å². The lowest BCUT2D eigenvalue weighted by atomic mass is 10.2. The van der Waals surface area contributed by atoms with Crippen molar-refractivity contribution in [2.24, 2.45) is 0 Å². The summed E-state index contributed by atoms with van der Waals surface area (Å²) in [5.74, 6) is 0.313. The van der Waals surface area contributed by atoms with E-state index >= 15 is 0 Å². The third kappa shape index (κ3) is 3.67. The number of anilines is 1. The van der Waals surface area contributed by atoms with Crippen molar-refractivity contribution < 1.29 is 9.53 Å². The topological polar surface area (TPSA) is 79.3 Å². The molecule has 0 heterocycles. The summed E-state index contributed by atoms with van der Waals surface area (Å²) in [6, 6.07) is 8.91. The summed E-state index contributed by atoms with van der Waals surface area (Å²) in [5.41, 5.74) is 6.20. The van der Waals surface area contributed by atoms with E-state index < -0.39 is 0 Å². The van der Waals surface area contributed by atoms with E-state index in [0.717, 1.165) is 0 Å². The summed E-state index contributed by atoms with van der Waals surface area (Å²) in [4.78, 5) is 13.3. The minimum Gasteiger partial charge on any atom is -0.482 e. The van der Waals surface area contributed by atoms with Gasteiger partial charge in [0.15, 0.2) is 6.61 Å². The van der Waals surface area contributed by atoms with Crippen molar-refractivity contribution in [1.82, 2.24) is 4.90 Å². The van der Waals surface area contributed by atoms with Crippen LogP contribution in [0.3, 0.4) is 0 Å². The van der Waals surface area contributed by atoms with Gasteiger partial charge in [-0.3, -0.25) is 4.79 Å². The number of amides is 1. The van der Waals surface area contributed by atoms with Crippen LogP contribution in [-0.2, 0) is 4.79 Å². The molecule has 0 aromatic heterocycles. The van der Waals surface area contributed by atoms with Crippen LogP contribution < -0.4 is 10.5 Å². The van der Waals surface area contributed by atoms with Gasteiger partial charge in [-0.25, -0.2) is 0 Å². The summed E-state index contributed by atoms with van der Waals surface area (Å²) in [6.07, 6.45) is 0.301. The average molecular weight is 247 g/mol. The van der Waals surface area contributed by atoms with E-state index in [-0.39, 0.29) is 18.6 Å². The minimum absolute atomic E-state index is 0.0829. The second kappa shape index (κ2) is 6.50. The number of nitriles is 1. The number of hydrogen-bond acceptors (Lipinski definition) is 4. The minimum atomic E-state index is -0.180. The molecule has 0 aliphatic carbocycles. The lowest BCUT2D eigenvalue weighted by molar-refractivity contribution is -0.133. The number of hydrogen-bond donors (Lipinski definition) is 1. The highest BCUT2D eigenvalue weighted by molar-refractivity contribution is 5.78. The van der Waals surface area contributed by atoms with Gasteiger partial charge in [-0.15, -0.1) is 0 Å². The van der Waals surface area contributed by atoms with Crippen LogP contribution in [0, 0.1) is 11.3 Å². The van der Waals surface area contributed by atoms with Crippen LogP contribution in [0.4, 0.5) is 5.69 Å². The molecule has 1 amide bonds. The van der Waals surface area contributed by atoms with E-state index in [1.54, 1.807) is 31.3 Å². The summed E-state index contributed by atoms with van der Waals surface area (Å²) in [5, 5.41) is 8.58. The van der Waals surface area contributed by atoms with Crippen LogP contribution in [0.15, 0.2) is 24.3 Å². The average Bonchev–Trinajstić information content (AvgIpc) is 2.36. The predicted molar refractivity (Wildman–Crippen MR) is 68.8 cm³/mol. The van der Waals surface area contributed by atoms with Gasteiger partial charge in [-0.05, 0) is 19.1 Å². The van der Waals surface area contributed by atoms with Gasteiger partial charge in [0.05, 0.1) is 18.2 Å². The van der Waals surface area contributed by atoms with Gasteiger partial charge in [0.1, 0.15) is 5.75 Å². The number of carbonyl (C=O) groups excluding carboxylic acids is 1. The van der Waals surface area contributed by atoms with Crippen molar-refractivity contribution in [3.63, 3.8) is 0 Å². The van der Waals surface area contributed by atoms with Crippen LogP contribution in [0.2, 0.25) is 0 Å². The number of ether oxygens (including phenoxy) is 1. The van der Waals surface area contributed by atoms with Gasteiger partial charge in [0.25, 0.3) is 5.91 Å². The summed E-state index contributed by atoms with van der Waals surface area (Å²) in [7, 11) is 1.65. The van der Waals surface area contributed by atoms with Gasteiger partial charge in [-0.1, -0.05) is 12.1 Å². The van der Waals surface area contributed by atoms with Crippen LogP contribution in [-0.4, -0.2) is 30.5 Å². The fourth-order valence-corrected chi connectivity index (χ4v) is 1.37. The Kier molecular flexibility index (Phi) is 5.00.